The molecule has 100 valence electrons. The van der Waals surface area contributed by atoms with Gasteiger partial charge in [0.25, 0.3) is 0 Å². The van der Waals surface area contributed by atoms with Gasteiger partial charge in [-0.2, -0.15) is 0 Å². The van der Waals surface area contributed by atoms with Gasteiger partial charge in [0.05, 0.1) is 0 Å². The average Bonchev–Trinajstić information content (AvgIpc) is 2.23. The van der Waals surface area contributed by atoms with Gasteiger partial charge in [-0.05, 0) is 18.8 Å². The lowest BCUT2D eigenvalue weighted by atomic mass is 10.0. The van der Waals surface area contributed by atoms with Crippen molar-refractivity contribution in [2.75, 3.05) is 6.61 Å². The van der Waals surface area contributed by atoms with Gasteiger partial charge in [-0.15, -0.1) is 0 Å². The Kier molecular flexibility index (Phi) is 6.80. The zero-order chi connectivity index (χ0) is 13.6. The Morgan fingerprint density at radius 2 is 1.65 bits per heavy atom. The number of carbonyl (C=O) groups excluding carboxylic acids is 2. The van der Waals surface area contributed by atoms with Gasteiger partial charge in [0.1, 0.15) is 6.04 Å². The predicted molar refractivity (Wildman–Crippen MR) is 66.3 cm³/mol. The maximum Gasteiger partial charge on any atom is 0.243 e. The van der Waals surface area contributed by atoms with Gasteiger partial charge in [-0.25, -0.2) is 0 Å². The fourth-order valence-electron chi connectivity index (χ4n) is 1.37. The lowest BCUT2D eigenvalue weighted by Gasteiger charge is -2.25. The van der Waals surface area contributed by atoms with E-state index >= 15 is 0 Å². The summed E-state index contributed by atoms with van der Waals surface area (Å²) in [6, 6.07) is -0.650. The van der Waals surface area contributed by atoms with Crippen LogP contribution in [0.3, 0.4) is 0 Å². The van der Waals surface area contributed by atoms with Crippen molar-refractivity contribution in [3.8, 4) is 0 Å². The highest BCUT2D eigenvalue weighted by Gasteiger charge is 2.25. The summed E-state index contributed by atoms with van der Waals surface area (Å²) in [7, 11) is 0. The molecule has 0 spiro atoms. The molecule has 5 heteroatoms. The van der Waals surface area contributed by atoms with Crippen molar-refractivity contribution in [1.82, 2.24) is 10.6 Å². The Morgan fingerprint density at radius 3 is 2.00 bits per heavy atom. The van der Waals surface area contributed by atoms with Crippen molar-refractivity contribution in [2.24, 2.45) is 11.8 Å². The normalized spacial score (nSPS) is 16.2. The highest BCUT2D eigenvalue weighted by atomic mass is 16.3. The van der Waals surface area contributed by atoms with Crippen LogP contribution in [0, 0.1) is 11.8 Å². The molecular weight excluding hydrogens is 220 g/mol. The Balaban J connectivity index is 4.47. The monoisotopic (exact) mass is 244 g/mol. The topological polar surface area (TPSA) is 78.4 Å². The van der Waals surface area contributed by atoms with Gasteiger partial charge >= 0.3 is 0 Å². The number of hydrogen-bond acceptors (Lipinski definition) is 3. The van der Waals surface area contributed by atoms with Crippen molar-refractivity contribution in [3.63, 3.8) is 0 Å². The summed E-state index contributed by atoms with van der Waals surface area (Å²) in [4.78, 5) is 23.0. The number of rotatable bonds is 6. The third-order valence-electron chi connectivity index (χ3n) is 2.82. The van der Waals surface area contributed by atoms with Crippen LogP contribution in [0.15, 0.2) is 0 Å². The highest BCUT2D eigenvalue weighted by Crippen LogP contribution is 2.05. The van der Waals surface area contributed by atoms with E-state index in [0.29, 0.717) is 0 Å². The van der Waals surface area contributed by atoms with Crippen LogP contribution in [0.5, 0.6) is 0 Å². The molecule has 0 aliphatic rings. The minimum absolute atomic E-state index is 0.0101. The smallest absolute Gasteiger partial charge is 0.243 e. The molecule has 5 nitrogen and oxygen atoms in total. The van der Waals surface area contributed by atoms with E-state index in [1.807, 2.05) is 27.7 Å². The molecule has 0 aromatic rings. The maximum absolute atomic E-state index is 11.9. The molecule has 0 aromatic heterocycles. The van der Waals surface area contributed by atoms with Crippen molar-refractivity contribution < 1.29 is 14.7 Å². The minimum atomic E-state index is -0.527. The van der Waals surface area contributed by atoms with Crippen LogP contribution >= 0.6 is 0 Å². The molecule has 0 saturated heterocycles. The first-order chi connectivity index (χ1) is 7.79. The van der Waals surface area contributed by atoms with Gasteiger partial charge in [-0.1, -0.05) is 20.8 Å². The highest BCUT2D eigenvalue weighted by molar-refractivity contribution is 5.87. The summed E-state index contributed by atoms with van der Waals surface area (Å²) in [5, 5.41) is 14.4. The van der Waals surface area contributed by atoms with E-state index in [1.54, 1.807) is 0 Å². The van der Waals surface area contributed by atoms with Crippen LogP contribution in [0.2, 0.25) is 0 Å². The Morgan fingerprint density at radius 1 is 1.12 bits per heavy atom. The van der Waals surface area contributed by atoms with Gasteiger partial charge in [0.15, 0.2) is 0 Å². The first-order valence-electron chi connectivity index (χ1n) is 5.97. The molecule has 2 amide bonds. The van der Waals surface area contributed by atoms with Gasteiger partial charge in [0.2, 0.25) is 11.8 Å². The van der Waals surface area contributed by atoms with E-state index in [2.05, 4.69) is 10.6 Å². The SMILES string of the molecule is CC(=O)NC(C(=O)NC(C)C(C)CO)C(C)C. The Hall–Kier alpha value is -1.10. The minimum Gasteiger partial charge on any atom is -0.396 e. The average molecular weight is 244 g/mol. The van der Waals surface area contributed by atoms with E-state index in [0.717, 1.165) is 0 Å². The van der Waals surface area contributed by atoms with Gasteiger partial charge < -0.3 is 15.7 Å². The lowest BCUT2D eigenvalue weighted by molar-refractivity contribution is -0.129. The largest absolute Gasteiger partial charge is 0.396 e. The van der Waals surface area contributed by atoms with E-state index in [1.165, 1.54) is 6.92 Å². The summed E-state index contributed by atoms with van der Waals surface area (Å²) >= 11 is 0. The van der Waals surface area contributed by atoms with Crippen molar-refractivity contribution >= 4 is 11.8 Å². The number of aliphatic hydroxyl groups excluding tert-OH is 1. The fourth-order valence-corrected chi connectivity index (χ4v) is 1.37. The Bertz CT molecular complexity index is 266. The molecule has 0 bridgehead atoms. The fraction of sp³-hybridized carbons (Fsp3) is 0.833. The number of carbonyl (C=O) groups is 2. The zero-order valence-electron chi connectivity index (χ0n) is 11.3. The standard InChI is InChI=1S/C12H24N2O3/c1-7(2)11(14-10(5)16)12(17)13-9(4)8(3)6-15/h7-9,11,15H,6H2,1-5H3,(H,13,17)(H,14,16). The summed E-state index contributed by atoms with van der Waals surface area (Å²) in [5.74, 6) is -0.413. The first-order valence-corrected chi connectivity index (χ1v) is 5.97. The molecule has 17 heavy (non-hydrogen) atoms. The summed E-state index contributed by atoms with van der Waals surface area (Å²) < 4.78 is 0. The van der Waals surface area contributed by atoms with Gasteiger partial charge in [-0.3, -0.25) is 9.59 Å². The van der Waals surface area contributed by atoms with Crippen molar-refractivity contribution in [2.45, 2.75) is 46.7 Å². The third kappa shape index (κ3) is 5.68. The molecule has 0 rings (SSSR count). The molecule has 0 fully saturated rings. The quantitative estimate of drug-likeness (QED) is 0.628. The molecule has 0 radical (unpaired) electrons. The first kappa shape index (κ1) is 15.9. The summed E-state index contributed by atoms with van der Waals surface area (Å²) in [6.07, 6.45) is 0. The Labute approximate surface area is 103 Å². The maximum atomic E-state index is 11.9. The number of amides is 2. The predicted octanol–water partition coefficient (Wildman–Crippen LogP) is 0.280. The lowest BCUT2D eigenvalue weighted by Crippen LogP contribution is -2.52. The summed E-state index contributed by atoms with van der Waals surface area (Å²) in [5.41, 5.74) is 0. The van der Waals surface area contributed by atoms with Crippen LogP contribution in [-0.2, 0) is 9.59 Å². The van der Waals surface area contributed by atoms with Crippen molar-refractivity contribution in [1.29, 1.82) is 0 Å². The molecule has 0 aromatic carbocycles. The number of nitrogens with one attached hydrogen (secondary N) is 2. The van der Waals surface area contributed by atoms with Crippen LogP contribution in [0.25, 0.3) is 0 Å². The number of hydrogen-bond donors (Lipinski definition) is 3. The molecule has 3 N–H and O–H groups in total. The molecule has 0 aliphatic carbocycles. The van der Waals surface area contributed by atoms with Crippen LogP contribution in [0.4, 0.5) is 0 Å². The molecule has 0 saturated carbocycles. The second kappa shape index (κ2) is 7.27. The molecule has 0 heterocycles. The molecular formula is C12H24N2O3. The van der Waals surface area contributed by atoms with Crippen molar-refractivity contribution in [3.05, 3.63) is 0 Å². The number of aliphatic hydroxyl groups is 1. The van der Waals surface area contributed by atoms with Crippen LogP contribution in [0.1, 0.15) is 34.6 Å². The molecule has 3 unspecified atom stereocenters. The van der Waals surface area contributed by atoms with E-state index in [9.17, 15) is 9.59 Å². The third-order valence-corrected chi connectivity index (χ3v) is 2.82. The van der Waals surface area contributed by atoms with Crippen LogP contribution < -0.4 is 10.6 Å². The molecule has 0 aliphatic heterocycles. The second-order valence-electron chi connectivity index (χ2n) is 4.88. The zero-order valence-corrected chi connectivity index (χ0v) is 11.3. The second-order valence-corrected chi connectivity index (χ2v) is 4.88. The molecule has 3 atom stereocenters. The van der Waals surface area contributed by atoms with E-state index in [-0.39, 0.29) is 36.3 Å². The van der Waals surface area contributed by atoms with E-state index in [4.69, 9.17) is 5.11 Å². The summed E-state index contributed by atoms with van der Waals surface area (Å²) in [6.45, 7) is 8.86. The van der Waals surface area contributed by atoms with Crippen LogP contribution in [-0.4, -0.2) is 35.6 Å². The van der Waals surface area contributed by atoms with Gasteiger partial charge in [0, 0.05) is 19.6 Å². The van der Waals surface area contributed by atoms with E-state index < -0.39 is 6.04 Å².